The van der Waals surface area contributed by atoms with Crippen LogP contribution in [0.2, 0.25) is 5.15 Å². The molecule has 0 aliphatic heterocycles. The van der Waals surface area contributed by atoms with Crippen LogP contribution < -0.4 is 5.32 Å². The second kappa shape index (κ2) is 6.87. The summed E-state index contributed by atoms with van der Waals surface area (Å²) >= 11 is 7.79. The number of hydrogen-bond donors (Lipinski definition) is 1. The molecule has 1 unspecified atom stereocenters. The fraction of sp³-hybridized carbons (Fsp3) is 0.429. The lowest BCUT2D eigenvalue weighted by Crippen LogP contribution is -2.11. The molecule has 1 atom stereocenters. The highest BCUT2D eigenvalue weighted by Gasteiger charge is 2.13. The topological polar surface area (TPSA) is 37.8 Å². The Balaban J connectivity index is 2.19. The molecule has 1 N–H and O–H groups in total. The summed E-state index contributed by atoms with van der Waals surface area (Å²) in [5.41, 5.74) is 0. The van der Waals surface area contributed by atoms with Gasteiger partial charge in [0, 0.05) is 17.4 Å². The number of hydrogen-bond acceptors (Lipinski definition) is 4. The quantitative estimate of drug-likeness (QED) is 0.784. The molecule has 0 aliphatic carbocycles. The second-order valence-electron chi connectivity index (χ2n) is 4.35. The Kier molecular flexibility index (Phi) is 5.16. The summed E-state index contributed by atoms with van der Waals surface area (Å²) in [5.74, 6) is 1.58. The van der Waals surface area contributed by atoms with Gasteiger partial charge in [-0.3, -0.25) is 0 Å². The maximum Gasteiger partial charge on any atom is 0.134 e. The predicted octanol–water partition coefficient (Wildman–Crippen LogP) is 4.71. The number of halogens is 1. The molecule has 0 spiro atoms. The number of aromatic nitrogens is 2. The molecular weight excluding hydrogens is 278 g/mol. The number of rotatable bonds is 6. The lowest BCUT2D eigenvalue weighted by Gasteiger charge is -2.17. The highest BCUT2D eigenvalue weighted by molar-refractivity contribution is 7.10. The van der Waals surface area contributed by atoms with Gasteiger partial charge >= 0.3 is 0 Å². The normalized spacial score (nSPS) is 12.4. The summed E-state index contributed by atoms with van der Waals surface area (Å²) in [4.78, 5) is 10.00. The molecule has 0 radical (unpaired) electrons. The molecule has 5 heteroatoms. The third-order valence-corrected chi connectivity index (χ3v) is 4.02. The summed E-state index contributed by atoms with van der Waals surface area (Å²) in [7, 11) is 0. The van der Waals surface area contributed by atoms with Crippen LogP contribution in [0.25, 0.3) is 0 Å². The molecule has 2 aromatic rings. The molecule has 0 saturated heterocycles. The SMILES string of the molecule is CCCC(Nc1cc(Cl)nc(CC)n1)c1cccs1. The molecule has 0 bridgehead atoms. The zero-order chi connectivity index (χ0) is 13.7. The number of aryl methyl sites for hydroxylation is 1. The van der Waals surface area contributed by atoms with Crippen LogP contribution in [0.15, 0.2) is 23.6 Å². The van der Waals surface area contributed by atoms with Crippen LogP contribution in [0.3, 0.4) is 0 Å². The maximum atomic E-state index is 6.03. The van der Waals surface area contributed by atoms with Gasteiger partial charge in [0.1, 0.15) is 16.8 Å². The van der Waals surface area contributed by atoms with E-state index in [1.165, 1.54) is 4.88 Å². The van der Waals surface area contributed by atoms with Gasteiger partial charge in [-0.05, 0) is 17.9 Å². The van der Waals surface area contributed by atoms with E-state index in [1.54, 1.807) is 17.4 Å². The Hall–Kier alpha value is -1.13. The Morgan fingerprint density at radius 1 is 1.37 bits per heavy atom. The molecule has 0 aromatic carbocycles. The van der Waals surface area contributed by atoms with E-state index in [1.807, 2.05) is 6.92 Å². The monoisotopic (exact) mass is 295 g/mol. The van der Waals surface area contributed by atoms with E-state index >= 15 is 0 Å². The molecule has 0 amide bonds. The minimum Gasteiger partial charge on any atom is -0.362 e. The van der Waals surface area contributed by atoms with E-state index in [-0.39, 0.29) is 0 Å². The molecule has 2 rings (SSSR count). The number of nitrogens with zero attached hydrogens (tertiary/aromatic N) is 2. The molecule has 0 fully saturated rings. The van der Waals surface area contributed by atoms with E-state index < -0.39 is 0 Å². The first-order valence-electron chi connectivity index (χ1n) is 6.56. The van der Waals surface area contributed by atoms with Crippen molar-refractivity contribution in [3.05, 3.63) is 39.4 Å². The summed E-state index contributed by atoms with van der Waals surface area (Å²) in [6, 6.07) is 6.31. The molecule has 19 heavy (non-hydrogen) atoms. The summed E-state index contributed by atoms with van der Waals surface area (Å²) in [6.07, 6.45) is 2.98. The van der Waals surface area contributed by atoms with Crippen molar-refractivity contribution in [3.63, 3.8) is 0 Å². The van der Waals surface area contributed by atoms with E-state index in [2.05, 4.69) is 39.7 Å². The average molecular weight is 296 g/mol. The smallest absolute Gasteiger partial charge is 0.134 e. The second-order valence-corrected chi connectivity index (χ2v) is 5.71. The number of anilines is 1. The standard InChI is InChI=1S/C14H18ClN3S/c1-3-6-10(11-7-5-8-19-11)16-14-9-12(15)17-13(4-2)18-14/h5,7-10H,3-4,6H2,1-2H3,(H,16,17,18). The van der Waals surface area contributed by atoms with E-state index in [0.717, 1.165) is 30.9 Å². The zero-order valence-corrected chi connectivity index (χ0v) is 12.8. The molecule has 3 nitrogen and oxygen atoms in total. The third-order valence-electron chi connectivity index (χ3n) is 2.84. The Bertz CT molecular complexity index is 513. The first kappa shape index (κ1) is 14.3. The molecule has 0 saturated carbocycles. The van der Waals surface area contributed by atoms with Gasteiger partial charge in [-0.2, -0.15) is 0 Å². The Morgan fingerprint density at radius 2 is 2.21 bits per heavy atom. The fourth-order valence-corrected chi connectivity index (χ4v) is 2.95. The van der Waals surface area contributed by atoms with Crippen LogP contribution in [-0.4, -0.2) is 9.97 Å². The number of nitrogens with one attached hydrogen (secondary N) is 1. The molecule has 0 aliphatic rings. The van der Waals surface area contributed by atoms with Gasteiger partial charge in [0.15, 0.2) is 0 Å². The van der Waals surface area contributed by atoms with Gasteiger partial charge in [0.05, 0.1) is 6.04 Å². The third kappa shape index (κ3) is 3.91. The summed E-state index contributed by atoms with van der Waals surface area (Å²) < 4.78 is 0. The van der Waals surface area contributed by atoms with Crippen molar-refractivity contribution in [2.24, 2.45) is 0 Å². The molecule has 2 aromatic heterocycles. The molecular formula is C14H18ClN3S. The van der Waals surface area contributed by atoms with Crippen LogP contribution in [-0.2, 0) is 6.42 Å². The first-order chi connectivity index (χ1) is 9.22. The largest absolute Gasteiger partial charge is 0.362 e. The first-order valence-corrected chi connectivity index (χ1v) is 7.82. The van der Waals surface area contributed by atoms with Crippen LogP contribution in [0.4, 0.5) is 5.82 Å². The highest BCUT2D eigenvalue weighted by atomic mass is 35.5. The van der Waals surface area contributed by atoms with Crippen molar-refractivity contribution in [1.82, 2.24) is 9.97 Å². The average Bonchev–Trinajstić information content (AvgIpc) is 2.91. The van der Waals surface area contributed by atoms with Gasteiger partial charge in [-0.1, -0.05) is 37.9 Å². The van der Waals surface area contributed by atoms with Gasteiger partial charge in [0.25, 0.3) is 0 Å². The Labute approximate surface area is 123 Å². The van der Waals surface area contributed by atoms with Crippen molar-refractivity contribution < 1.29 is 0 Å². The highest BCUT2D eigenvalue weighted by Crippen LogP contribution is 2.27. The van der Waals surface area contributed by atoms with Crippen LogP contribution in [0, 0.1) is 0 Å². The lowest BCUT2D eigenvalue weighted by molar-refractivity contribution is 0.683. The summed E-state index contributed by atoms with van der Waals surface area (Å²) in [6.45, 7) is 4.21. The van der Waals surface area contributed by atoms with Gasteiger partial charge in [0.2, 0.25) is 0 Å². The van der Waals surface area contributed by atoms with Gasteiger partial charge in [-0.25, -0.2) is 9.97 Å². The van der Waals surface area contributed by atoms with E-state index in [9.17, 15) is 0 Å². The van der Waals surface area contributed by atoms with Gasteiger partial charge < -0.3 is 5.32 Å². The van der Waals surface area contributed by atoms with Crippen LogP contribution >= 0.6 is 22.9 Å². The summed E-state index contributed by atoms with van der Waals surface area (Å²) in [5, 5.41) is 6.07. The minimum atomic E-state index is 0.292. The Morgan fingerprint density at radius 3 is 2.84 bits per heavy atom. The van der Waals surface area contributed by atoms with Crippen molar-refractivity contribution in [2.75, 3.05) is 5.32 Å². The van der Waals surface area contributed by atoms with E-state index in [0.29, 0.717) is 11.2 Å². The lowest BCUT2D eigenvalue weighted by atomic mass is 10.1. The van der Waals surface area contributed by atoms with Crippen LogP contribution in [0.5, 0.6) is 0 Å². The minimum absolute atomic E-state index is 0.292. The zero-order valence-electron chi connectivity index (χ0n) is 11.2. The maximum absolute atomic E-state index is 6.03. The van der Waals surface area contributed by atoms with E-state index in [4.69, 9.17) is 11.6 Å². The molecule has 2 heterocycles. The fourth-order valence-electron chi connectivity index (χ4n) is 1.94. The van der Waals surface area contributed by atoms with Crippen LogP contribution in [0.1, 0.15) is 43.4 Å². The van der Waals surface area contributed by atoms with Crippen molar-refractivity contribution in [3.8, 4) is 0 Å². The number of thiophene rings is 1. The predicted molar refractivity (Wildman–Crippen MR) is 82.0 cm³/mol. The van der Waals surface area contributed by atoms with Crippen molar-refractivity contribution >= 4 is 28.8 Å². The van der Waals surface area contributed by atoms with Crippen molar-refractivity contribution in [2.45, 2.75) is 39.2 Å². The van der Waals surface area contributed by atoms with Crippen molar-refractivity contribution in [1.29, 1.82) is 0 Å². The molecule has 102 valence electrons. The van der Waals surface area contributed by atoms with Gasteiger partial charge in [-0.15, -0.1) is 11.3 Å².